The normalized spacial score (nSPS) is 13.3. The lowest BCUT2D eigenvalue weighted by Crippen LogP contribution is -2.27. The molecule has 0 heterocycles. The number of hydrogen-bond acceptors (Lipinski definition) is 1. The minimum Gasteiger partial charge on any atom is -0.306 e. The maximum atomic E-state index is 2.46. The van der Waals surface area contributed by atoms with Gasteiger partial charge in [0.05, 0.1) is 0 Å². The van der Waals surface area contributed by atoms with Gasteiger partial charge in [-0.2, -0.15) is 0 Å². The summed E-state index contributed by atoms with van der Waals surface area (Å²) in [5.41, 5.74) is 0. The van der Waals surface area contributed by atoms with Gasteiger partial charge in [-0.15, -0.1) is 0 Å². The summed E-state index contributed by atoms with van der Waals surface area (Å²) in [6.45, 7) is 4.57. The summed E-state index contributed by atoms with van der Waals surface area (Å²) in [4.78, 5) is 2.46. The van der Waals surface area contributed by atoms with E-state index in [-0.39, 0.29) is 0 Å². The Labute approximate surface area is 179 Å². The lowest BCUT2D eigenvalue weighted by atomic mass is 9.99. The minimum absolute atomic E-state index is 0.805. The van der Waals surface area contributed by atoms with Crippen molar-refractivity contribution in [2.24, 2.45) is 0 Å². The Balaban J connectivity index is 3.49. The molecule has 0 aromatic heterocycles. The molecule has 0 aromatic rings. The Morgan fingerprint density at radius 1 is 0.536 bits per heavy atom. The SMILES string of the molecule is CCCCC/C=C\C/C=C/CCCCCCCC(CCCCCCC)N(C)C. The fourth-order valence-corrected chi connectivity index (χ4v) is 3.84. The van der Waals surface area contributed by atoms with Crippen LogP contribution in [0.15, 0.2) is 24.3 Å². The van der Waals surface area contributed by atoms with Gasteiger partial charge >= 0.3 is 0 Å². The molecule has 0 aromatic carbocycles. The second kappa shape index (κ2) is 22.7. The Hall–Kier alpha value is -0.560. The molecular formula is C27H53N. The van der Waals surface area contributed by atoms with Crippen LogP contribution < -0.4 is 0 Å². The van der Waals surface area contributed by atoms with Crippen LogP contribution in [0.5, 0.6) is 0 Å². The van der Waals surface area contributed by atoms with Crippen LogP contribution in [0.4, 0.5) is 0 Å². The van der Waals surface area contributed by atoms with Crippen molar-refractivity contribution in [2.45, 2.75) is 135 Å². The third-order valence-corrected chi connectivity index (χ3v) is 5.86. The van der Waals surface area contributed by atoms with Crippen molar-refractivity contribution in [1.29, 1.82) is 0 Å². The Morgan fingerprint density at radius 3 is 1.50 bits per heavy atom. The molecule has 0 rings (SSSR count). The van der Waals surface area contributed by atoms with Gasteiger partial charge in [-0.25, -0.2) is 0 Å². The molecule has 0 fully saturated rings. The highest BCUT2D eigenvalue weighted by molar-refractivity contribution is 4.92. The second-order valence-corrected chi connectivity index (χ2v) is 8.84. The number of rotatable bonds is 21. The smallest absolute Gasteiger partial charge is 0.00891 e. The molecule has 1 heteroatoms. The molecule has 0 N–H and O–H groups in total. The van der Waals surface area contributed by atoms with E-state index in [0.717, 1.165) is 12.5 Å². The van der Waals surface area contributed by atoms with E-state index < -0.39 is 0 Å². The summed E-state index contributed by atoms with van der Waals surface area (Å²) < 4.78 is 0. The van der Waals surface area contributed by atoms with E-state index in [1.807, 2.05) is 0 Å². The average Bonchev–Trinajstić information content (AvgIpc) is 2.68. The summed E-state index contributed by atoms with van der Waals surface area (Å²) in [6, 6.07) is 0.805. The van der Waals surface area contributed by atoms with Crippen LogP contribution in [0.2, 0.25) is 0 Å². The van der Waals surface area contributed by atoms with Crippen LogP contribution in [0, 0.1) is 0 Å². The van der Waals surface area contributed by atoms with Gasteiger partial charge in [-0.05, 0) is 59.0 Å². The minimum atomic E-state index is 0.805. The Kier molecular flexibility index (Phi) is 22.3. The van der Waals surface area contributed by atoms with Crippen molar-refractivity contribution in [1.82, 2.24) is 4.90 Å². The fraction of sp³-hybridized carbons (Fsp3) is 0.852. The molecule has 1 unspecified atom stereocenters. The molecule has 28 heavy (non-hydrogen) atoms. The van der Waals surface area contributed by atoms with Gasteiger partial charge in [-0.1, -0.05) is 109 Å². The highest BCUT2D eigenvalue weighted by atomic mass is 15.1. The third kappa shape index (κ3) is 20.2. The van der Waals surface area contributed by atoms with Crippen LogP contribution in [-0.2, 0) is 0 Å². The first-order valence-electron chi connectivity index (χ1n) is 12.7. The van der Waals surface area contributed by atoms with Gasteiger partial charge in [0.2, 0.25) is 0 Å². The second-order valence-electron chi connectivity index (χ2n) is 8.84. The Morgan fingerprint density at radius 2 is 0.964 bits per heavy atom. The lowest BCUT2D eigenvalue weighted by Gasteiger charge is -2.24. The van der Waals surface area contributed by atoms with E-state index in [2.05, 4.69) is 57.1 Å². The quantitative estimate of drug-likeness (QED) is 0.139. The molecule has 0 spiro atoms. The van der Waals surface area contributed by atoms with E-state index in [1.54, 1.807) is 0 Å². The topological polar surface area (TPSA) is 3.24 Å². The maximum absolute atomic E-state index is 2.46. The molecule has 1 nitrogen and oxygen atoms in total. The zero-order valence-electron chi connectivity index (χ0n) is 20.1. The van der Waals surface area contributed by atoms with Crippen LogP contribution in [0.25, 0.3) is 0 Å². The molecule has 0 aliphatic carbocycles. The van der Waals surface area contributed by atoms with E-state index in [4.69, 9.17) is 0 Å². The van der Waals surface area contributed by atoms with Gasteiger partial charge in [0, 0.05) is 6.04 Å². The van der Waals surface area contributed by atoms with E-state index in [0.29, 0.717) is 0 Å². The first-order chi connectivity index (χ1) is 13.7. The molecule has 1 atom stereocenters. The molecule has 166 valence electrons. The predicted molar refractivity (Wildman–Crippen MR) is 130 cm³/mol. The standard InChI is InChI=1S/C27H53N/c1-5-7-9-11-12-13-14-15-16-17-18-19-20-22-24-26-27(28(3)4)25-23-21-10-8-6-2/h12-13,15-16,27H,5-11,14,17-26H2,1-4H3/b13-12-,16-15+. The number of allylic oxidation sites excluding steroid dienone is 4. The van der Waals surface area contributed by atoms with Gasteiger partial charge in [0.25, 0.3) is 0 Å². The van der Waals surface area contributed by atoms with Crippen molar-refractivity contribution >= 4 is 0 Å². The summed E-state index contributed by atoms with van der Waals surface area (Å²) in [7, 11) is 4.53. The van der Waals surface area contributed by atoms with Gasteiger partial charge in [-0.3, -0.25) is 0 Å². The number of hydrogen-bond donors (Lipinski definition) is 0. The lowest BCUT2D eigenvalue weighted by molar-refractivity contribution is 0.251. The first-order valence-corrected chi connectivity index (χ1v) is 12.7. The van der Waals surface area contributed by atoms with E-state index in [9.17, 15) is 0 Å². The van der Waals surface area contributed by atoms with Crippen LogP contribution >= 0.6 is 0 Å². The van der Waals surface area contributed by atoms with Crippen LogP contribution in [0.3, 0.4) is 0 Å². The van der Waals surface area contributed by atoms with Crippen molar-refractivity contribution < 1.29 is 0 Å². The monoisotopic (exact) mass is 391 g/mol. The summed E-state index contributed by atoms with van der Waals surface area (Å²) in [6.07, 6.45) is 34.0. The fourth-order valence-electron chi connectivity index (χ4n) is 3.84. The maximum Gasteiger partial charge on any atom is 0.00891 e. The zero-order chi connectivity index (χ0) is 20.7. The predicted octanol–water partition coefficient (Wildman–Crippen LogP) is 9.09. The largest absolute Gasteiger partial charge is 0.306 e. The summed E-state index contributed by atoms with van der Waals surface area (Å²) >= 11 is 0. The summed E-state index contributed by atoms with van der Waals surface area (Å²) in [5, 5.41) is 0. The molecular weight excluding hydrogens is 338 g/mol. The van der Waals surface area contributed by atoms with Gasteiger partial charge < -0.3 is 4.90 Å². The van der Waals surface area contributed by atoms with Crippen molar-refractivity contribution in [3.63, 3.8) is 0 Å². The number of unbranched alkanes of at least 4 members (excludes halogenated alkanes) is 12. The van der Waals surface area contributed by atoms with Crippen molar-refractivity contribution in [3.05, 3.63) is 24.3 Å². The molecule has 0 bridgehead atoms. The third-order valence-electron chi connectivity index (χ3n) is 5.86. The van der Waals surface area contributed by atoms with Gasteiger partial charge in [0.1, 0.15) is 0 Å². The van der Waals surface area contributed by atoms with Gasteiger partial charge in [0.15, 0.2) is 0 Å². The highest BCUT2D eigenvalue weighted by Crippen LogP contribution is 2.16. The van der Waals surface area contributed by atoms with Crippen molar-refractivity contribution in [3.8, 4) is 0 Å². The molecule has 0 saturated heterocycles. The first kappa shape index (κ1) is 27.4. The van der Waals surface area contributed by atoms with E-state index in [1.165, 1.54) is 109 Å². The highest BCUT2D eigenvalue weighted by Gasteiger charge is 2.10. The molecule has 0 radical (unpaired) electrons. The Bertz CT molecular complexity index is 342. The number of nitrogens with zero attached hydrogens (tertiary/aromatic N) is 1. The summed E-state index contributed by atoms with van der Waals surface area (Å²) in [5.74, 6) is 0. The molecule has 0 amide bonds. The molecule has 0 aliphatic rings. The van der Waals surface area contributed by atoms with Crippen molar-refractivity contribution in [2.75, 3.05) is 14.1 Å². The van der Waals surface area contributed by atoms with E-state index >= 15 is 0 Å². The average molecular weight is 392 g/mol. The van der Waals surface area contributed by atoms with Crippen LogP contribution in [-0.4, -0.2) is 25.0 Å². The molecule has 0 aliphatic heterocycles. The molecule has 0 saturated carbocycles. The van der Waals surface area contributed by atoms with Crippen LogP contribution in [0.1, 0.15) is 129 Å². The zero-order valence-corrected chi connectivity index (χ0v) is 20.1.